The van der Waals surface area contributed by atoms with E-state index in [1.54, 1.807) is 11.3 Å². The van der Waals surface area contributed by atoms with Crippen molar-refractivity contribution in [2.75, 3.05) is 19.6 Å². The van der Waals surface area contributed by atoms with Crippen molar-refractivity contribution in [3.05, 3.63) is 22.4 Å². The van der Waals surface area contributed by atoms with E-state index in [1.807, 2.05) is 0 Å². The van der Waals surface area contributed by atoms with Gasteiger partial charge in [0.1, 0.15) is 0 Å². The van der Waals surface area contributed by atoms with Crippen molar-refractivity contribution in [3.8, 4) is 0 Å². The molecule has 5 heteroatoms. The third-order valence-electron chi connectivity index (χ3n) is 3.76. The lowest BCUT2D eigenvalue weighted by Crippen LogP contribution is -2.38. The first-order valence-electron chi connectivity index (χ1n) is 7.84. The highest BCUT2D eigenvalue weighted by Gasteiger charge is 2.19. The van der Waals surface area contributed by atoms with Crippen molar-refractivity contribution in [1.82, 2.24) is 10.6 Å². The first kappa shape index (κ1) is 18.7. The van der Waals surface area contributed by atoms with Crippen LogP contribution in [0.4, 0.5) is 0 Å². The highest BCUT2D eigenvalue weighted by Crippen LogP contribution is 2.33. The number of aliphatic imine (C=N–C) groups is 1. The second kappa shape index (κ2) is 10.4. The molecule has 1 aliphatic carbocycles. The monoisotopic (exact) mass is 421 g/mol. The number of thiophene rings is 1. The van der Waals surface area contributed by atoms with Crippen LogP contribution in [0.2, 0.25) is 0 Å². The van der Waals surface area contributed by atoms with Gasteiger partial charge in [0.15, 0.2) is 5.96 Å². The van der Waals surface area contributed by atoms with Crippen LogP contribution in [0.3, 0.4) is 0 Å². The molecular formula is C16H28IN3S. The van der Waals surface area contributed by atoms with Crippen LogP contribution < -0.4 is 10.6 Å². The van der Waals surface area contributed by atoms with Crippen LogP contribution >= 0.6 is 35.3 Å². The van der Waals surface area contributed by atoms with Crippen molar-refractivity contribution >= 4 is 41.3 Å². The van der Waals surface area contributed by atoms with E-state index in [4.69, 9.17) is 4.99 Å². The van der Waals surface area contributed by atoms with Gasteiger partial charge < -0.3 is 10.6 Å². The average Bonchev–Trinajstić information content (AvgIpc) is 3.11. The third-order valence-corrected chi connectivity index (χ3v) is 4.46. The minimum absolute atomic E-state index is 0. The molecular weight excluding hydrogens is 393 g/mol. The van der Waals surface area contributed by atoms with Gasteiger partial charge in [0.2, 0.25) is 0 Å². The summed E-state index contributed by atoms with van der Waals surface area (Å²) in [6.07, 6.45) is 5.53. The average molecular weight is 421 g/mol. The second-order valence-electron chi connectivity index (χ2n) is 5.69. The van der Waals surface area contributed by atoms with E-state index in [1.165, 1.54) is 31.2 Å². The summed E-state index contributed by atoms with van der Waals surface area (Å²) >= 11 is 1.76. The predicted molar refractivity (Wildman–Crippen MR) is 104 cm³/mol. The van der Waals surface area contributed by atoms with Crippen LogP contribution in [0.15, 0.2) is 21.8 Å². The molecule has 0 aliphatic heterocycles. The number of nitrogens with one attached hydrogen (secondary N) is 2. The van der Waals surface area contributed by atoms with Crippen molar-refractivity contribution in [2.45, 2.75) is 45.4 Å². The molecule has 0 aromatic carbocycles. The predicted octanol–water partition coefficient (Wildman–Crippen LogP) is 4.21. The topological polar surface area (TPSA) is 36.4 Å². The Kier molecular flexibility index (Phi) is 9.31. The lowest BCUT2D eigenvalue weighted by Gasteiger charge is -2.13. The Labute approximate surface area is 150 Å². The molecule has 0 radical (unpaired) electrons. The first-order valence-corrected chi connectivity index (χ1v) is 8.78. The van der Waals surface area contributed by atoms with E-state index >= 15 is 0 Å². The van der Waals surface area contributed by atoms with Gasteiger partial charge in [-0.15, -0.1) is 24.0 Å². The SMILES string of the molecule is CCNC(=NCC(C)c1ccsc1)NCCCC1CC1.I. The lowest BCUT2D eigenvalue weighted by atomic mass is 10.1. The zero-order valence-electron chi connectivity index (χ0n) is 13.1. The van der Waals surface area contributed by atoms with Crippen molar-refractivity contribution in [3.63, 3.8) is 0 Å². The summed E-state index contributed by atoms with van der Waals surface area (Å²) in [5.41, 5.74) is 1.39. The molecule has 1 heterocycles. The number of nitrogens with zero attached hydrogens (tertiary/aromatic N) is 1. The molecule has 1 aromatic heterocycles. The Morgan fingerprint density at radius 2 is 2.24 bits per heavy atom. The lowest BCUT2D eigenvalue weighted by molar-refractivity contribution is 0.643. The normalized spacial score (nSPS) is 16.2. The van der Waals surface area contributed by atoms with E-state index in [0.29, 0.717) is 5.92 Å². The van der Waals surface area contributed by atoms with Crippen molar-refractivity contribution in [2.24, 2.45) is 10.9 Å². The molecule has 0 saturated heterocycles. The van der Waals surface area contributed by atoms with E-state index < -0.39 is 0 Å². The molecule has 1 aromatic rings. The minimum atomic E-state index is 0. The van der Waals surface area contributed by atoms with E-state index in [9.17, 15) is 0 Å². The molecule has 21 heavy (non-hydrogen) atoms. The van der Waals surface area contributed by atoms with Gasteiger partial charge in [-0.25, -0.2) is 0 Å². The molecule has 0 spiro atoms. The minimum Gasteiger partial charge on any atom is -0.357 e. The Bertz CT molecular complexity index is 402. The fourth-order valence-corrected chi connectivity index (χ4v) is 3.02. The molecule has 1 aliphatic rings. The van der Waals surface area contributed by atoms with Crippen LogP contribution in [0.1, 0.15) is 51.0 Å². The number of guanidine groups is 1. The molecule has 1 unspecified atom stereocenters. The van der Waals surface area contributed by atoms with E-state index in [2.05, 4.69) is 41.3 Å². The van der Waals surface area contributed by atoms with Gasteiger partial charge in [-0.2, -0.15) is 11.3 Å². The fourth-order valence-electron chi connectivity index (χ4n) is 2.23. The quantitative estimate of drug-likeness (QED) is 0.286. The molecule has 120 valence electrons. The Morgan fingerprint density at radius 3 is 2.86 bits per heavy atom. The molecule has 2 N–H and O–H groups in total. The molecule has 1 saturated carbocycles. The zero-order valence-corrected chi connectivity index (χ0v) is 16.2. The Morgan fingerprint density at radius 1 is 1.43 bits per heavy atom. The molecule has 0 bridgehead atoms. The number of hydrogen-bond acceptors (Lipinski definition) is 2. The van der Waals surface area contributed by atoms with Gasteiger partial charge in [0, 0.05) is 25.6 Å². The molecule has 0 amide bonds. The Hall–Kier alpha value is -0.300. The highest BCUT2D eigenvalue weighted by molar-refractivity contribution is 14.0. The third kappa shape index (κ3) is 7.49. The smallest absolute Gasteiger partial charge is 0.191 e. The molecule has 2 rings (SSSR count). The van der Waals surface area contributed by atoms with Gasteiger partial charge in [0.05, 0.1) is 0 Å². The summed E-state index contributed by atoms with van der Waals surface area (Å²) in [4.78, 5) is 4.70. The van der Waals surface area contributed by atoms with Gasteiger partial charge in [-0.05, 0) is 48.1 Å². The van der Waals surface area contributed by atoms with E-state index in [0.717, 1.165) is 31.5 Å². The van der Waals surface area contributed by atoms with Crippen LogP contribution in [0.25, 0.3) is 0 Å². The summed E-state index contributed by atoms with van der Waals surface area (Å²) in [6, 6.07) is 2.20. The van der Waals surface area contributed by atoms with E-state index in [-0.39, 0.29) is 24.0 Å². The number of halogens is 1. The van der Waals surface area contributed by atoms with Crippen molar-refractivity contribution in [1.29, 1.82) is 0 Å². The van der Waals surface area contributed by atoms with Gasteiger partial charge in [0.25, 0.3) is 0 Å². The van der Waals surface area contributed by atoms with Crippen LogP contribution in [0, 0.1) is 5.92 Å². The van der Waals surface area contributed by atoms with Gasteiger partial charge >= 0.3 is 0 Å². The summed E-state index contributed by atoms with van der Waals surface area (Å²) in [6.45, 7) is 7.15. The molecule has 1 fully saturated rings. The first-order chi connectivity index (χ1) is 9.79. The number of rotatable bonds is 8. The molecule has 1 atom stereocenters. The summed E-state index contributed by atoms with van der Waals surface area (Å²) in [7, 11) is 0. The Balaban J connectivity index is 0.00000220. The molecule has 3 nitrogen and oxygen atoms in total. The maximum atomic E-state index is 4.70. The van der Waals surface area contributed by atoms with Crippen molar-refractivity contribution < 1.29 is 0 Å². The number of hydrogen-bond donors (Lipinski definition) is 2. The van der Waals surface area contributed by atoms with Crippen LogP contribution in [-0.4, -0.2) is 25.6 Å². The highest BCUT2D eigenvalue weighted by atomic mass is 127. The second-order valence-corrected chi connectivity index (χ2v) is 6.47. The standard InChI is InChI=1S/C16H27N3S.HI/c1-3-17-16(18-9-4-5-14-6-7-14)19-11-13(2)15-8-10-20-12-15;/h8,10,12-14H,3-7,9,11H2,1-2H3,(H2,17,18,19);1H. The van der Waals surface area contributed by atoms with Gasteiger partial charge in [-0.1, -0.05) is 19.8 Å². The largest absolute Gasteiger partial charge is 0.357 e. The summed E-state index contributed by atoms with van der Waals surface area (Å²) < 4.78 is 0. The van der Waals surface area contributed by atoms with Gasteiger partial charge in [-0.3, -0.25) is 4.99 Å². The maximum absolute atomic E-state index is 4.70. The summed E-state index contributed by atoms with van der Waals surface area (Å²) in [5, 5.41) is 11.1. The zero-order chi connectivity index (χ0) is 14.2. The van der Waals surface area contributed by atoms with Crippen LogP contribution in [-0.2, 0) is 0 Å². The fraction of sp³-hybridized carbons (Fsp3) is 0.688. The summed E-state index contributed by atoms with van der Waals surface area (Å²) in [5.74, 6) is 2.48. The maximum Gasteiger partial charge on any atom is 0.191 e. The van der Waals surface area contributed by atoms with Crippen LogP contribution in [0.5, 0.6) is 0 Å².